The van der Waals surface area contributed by atoms with Crippen LogP contribution in [0.4, 0.5) is 10.1 Å². The number of nitrogens with two attached hydrogens (primary N) is 1. The quantitative estimate of drug-likeness (QED) is 0.721. The van der Waals surface area contributed by atoms with Crippen molar-refractivity contribution in [1.82, 2.24) is 5.32 Å². The van der Waals surface area contributed by atoms with Crippen LogP contribution in [0.5, 0.6) is 0 Å². The van der Waals surface area contributed by atoms with Gasteiger partial charge in [0.25, 0.3) is 0 Å². The molecule has 4 heteroatoms. The van der Waals surface area contributed by atoms with Gasteiger partial charge in [0, 0.05) is 35.9 Å². The molecule has 0 heterocycles. The second-order valence-corrected chi connectivity index (χ2v) is 4.68. The first-order valence-electron chi connectivity index (χ1n) is 6.65. The zero-order chi connectivity index (χ0) is 15.8. The molecule has 0 amide bonds. The molecule has 0 aromatic heterocycles. The lowest BCUT2D eigenvalue weighted by atomic mass is 10.2. The van der Waals surface area contributed by atoms with Gasteiger partial charge in [-0.05, 0) is 43.3 Å². The van der Waals surface area contributed by atoms with Crippen molar-refractivity contribution in [2.45, 2.75) is 6.92 Å². The number of hydrogen-bond donors (Lipinski definition) is 2. The van der Waals surface area contributed by atoms with Crippen LogP contribution in [0.15, 0.2) is 73.2 Å². The average molecular weight is 287 g/mol. The minimum Gasteiger partial charge on any atom is -0.399 e. The maximum atomic E-state index is 13.1. The SMILES string of the molecule is C=C/C(=C\C(=C)N)N(CCNC(=C)C)c1ccc(F)cc1. The van der Waals surface area contributed by atoms with Gasteiger partial charge >= 0.3 is 0 Å². The molecule has 1 aromatic rings. The lowest BCUT2D eigenvalue weighted by molar-refractivity contribution is 0.627. The van der Waals surface area contributed by atoms with E-state index in [0.29, 0.717) is 18.8 Å². The number of allylic oxidation sites excluding steroid dienone is 3. The van der Waals surface area contributed by atoms with Gasteiger partial charge in [0.2, 0.25) is 0 Å². The van der Waals surface area contributed by atoms with E-state index in [1.807, 2.05) is 11.8 Å². The summed E-state index contributed by atoms with van der Waals surface area (Å²) in [6.45, 7) is 14.5. The van der Waals surface area contributed by atoms with E-state index in [1.165, 1.54) is 12.1 Å². The van der Waals surface area contributed by atoms with E-state index < -0.39 is 0 Å². The molecule has 0 unspecified atom stereocenters. The molecule has 0 spiro atoms. The normalized spacial score (nSPS) is 10.9. The molecule has 0 saturated carbocycles. The topological polar surface area (TPSA) is 41.3 Å². The highest BCUT2D eigenvalue weighted by Gasteiger charge is 2.10. The lowest BCUT2D eigenvalue weighted by Crippen LogP contribution is -2.30. The Labute approximate surface area is 126 Å². The number of anilines is 1. The molecule has 0 bridgehead atoms. The Balaban J connectivity index is 3.03. The van der Waals surface area contributed by atoms with E-state index in [-0.39, 0.29) is 5.82 Å². The molecule has 1 aromatic carbocycles. The average Bonchev–Trinajstić information content (AvgIpc) is 2.42. The number of halogens is 1. The molecule has 1 rings (SSSR count). The van der Waals surface area contributed by atoms with Crippen LogP contribution in [0.25, 0.3) is 0 Å². The van der Waals surface area contributed by atoms with Crippen molar-refractivity contribution in [3.05, 3.63) is 79.1 Å². The predicted molar refractivity (Wildman–Crippen MR) is 88.2 cm³/mol. The monoisotopic (exact) mass is 287 g/mol. The van der Waals surface area contributed by atoms with Gasteiger partial charge in [0.15, 0.2) is 0 Å². The van der Waals surface area contributed by atoms with Crippen molar-refractivity contribution in [2.75, 3.05) is 18.0 Å². The molecule has 0 saturated heterocycles. The molecule has 112 valence electrons. The second kappa shape index (κ2) is 7.94. The Bertz CT molecular complexity index is 544. The highest BCUT2D eigenvalue weighted by atomic mass is 19.1. The Kier molecular flexibility index (Phi) is 6.27. The van der Waals surface area contributed by atoms with Crippen molar-refractivity contribution < 1.29 is 4.39 Å². The summed E-state index contributed by atoms with van der Waals surface area (Å²) in [5, 5.41) is 3.16. The Morgan fingerprint density at radius 3 is 2.43 bits per heavy atom. The molecule has 0 fully saturated rings. The Morgan fingerprint density at radius 2 is 1.95 bits per heavy atom. The standard InChI is InChI=1S/C17H22FN3/c1-5-16(12-14(4)19)21(11-10-20-13(2)3)17-8-6-15(18)7-9-17/h5-9,12,20H,1-2,4,10-11,19H2,3H3/b16-12+. The van der Waals surface area contributed by atoms with Crippen LogP contribution in [0, 0.1) is 5.82 Å². The summed E-state index contributed by atoms with van der Waals surface area (Å²) in [5.41, 5.74) is 8.63. The summed E-state index contributed by atoms with van der Waals surface area (Å²) < 4.78 is 13.1. The lowest BCUT2D eigenvalue weighted by Gasteiger charge is -2.26. The zero-order valence-corrected chi connectivity index (χ0v) is 12.4. The molecular weight excluding hydrogens is 265 g/mol. The van der Waals surface area contributed by atoms with Gasteiger partial charge in [0.05, 0.1) is 0 Å². The van der Waals surface area contributed by atoms with Crippen LogP contribution < -0.4 is 16.0 Å². The van der Waals surface area contributed by atoms with E-state index in [9.17, 15) is 4.39 Å². The first-order chi connectivity index (χ1) is 9.93. The fourth-order valence-electron chi connectivity index (χ4n) is 1.85. The van der Waals surface area contributed by atoms with E-state index in [0.717, 1.165) is 17.1 Å². The molecule has 0 atom stereocenters. The van der Waals surface area contributed by atoms with Crippen molar-refractivity contribution >= 4 is 5.69 Å². The first kappa shape index (κ1) is 16.6. The molecule has 0 aliphatic heterocycles. The predicted octanol–water partition coefficient (Wildman–Crippen LogP) is 3.30. The van der Waals surface area contributed by atoms with E-state index >= 15 is 0 Å². The third-order valence-electron chi connectivity index (χ3n) is 2.75. The van der Waals surface area contributed by atoms with Crippen LogP contribution in [-0.2, 0) is 0 Å². The molecule has 0 aliphatic rings. The molecule has 0 radical (unpaired) electrons. The highest BCUT2D eigenvalue weighted by Crippen LogP contribution is 2.20. The van der Waals surface area contributed by atoms with Gasteiger partial charge in [-0.2, -0.15) is 0 Å². The molecule has 3 nitrogen and oxygen atoms in total. The van der Waals surface area contributed by atoms with Crippen molar-refractivity contribution in [2.24, 2.45) is 5.73 Å². The van der Waals surface area contributed by atoms with Crippen LogP contribution in [0.1, 0.15) is 6.92 Å². The van der Waals surface area contributed by atoms with Crippen molar-refractivity contribution in [1.29, 1.82) is 0 Å². The number of nitrogens with one attached hydrogen (secondary N) is 1. The summed E-state index contributed by atoms with van der Waals surface area (Å²) in [7, 11) is 0. The van der Waals surface area contributed by atoms with Gasteiger partial charge < -0.3 is 16.0 Å². The smallest absolute Gasteiger partial charge is 0.123 e. The molecule has 0 aliphatic carbocycles. The number of hydrogen-bond acceptors (Lipinski definition) is 3. The Morgan fingerprint density at radius 1 is 1.33 bits per heavy atom. The van der Waals surface area contributed by atoms with E-state index in [1.54, 1.807) is 24.3 Å². The maximum absolute atomic E-state index is 13.1. The summed E-state index contributed by atoms with van der Waals surface area (Å²) >= 11 is 0. The van der Waals surface area contributed by atoms with Gasteiger partial charge in [0.1, 0.15) is 5.82 Å². The largest absolute Gasteiger partial charge is 0.399 e. The zero-order valence-electron chi connectivity index (χ0n) is 12.4. The minimum atomic E-state index is -0.272. The van der Waals surface area contributed by atoms with Crippen LogP contribution >= 0.6 is 0 Å². The summed E-state index contributed by atoms with van der Waals surface area (Å²) in [6, 6.07) is 6.28. The van der Waals surface area contributed by atoms with Gasteiger partial charge in [-0.1, -0.05) is 19.7 Å². The second-order valence-electron chi connectivity index (χ2n) is 4.68. The fourth-order valence-corrected chi connectivity index (χ4v) is 1.85. The van der Waals surface area contributed by atoms with E-state index in [2.05, 4.69) is 25.1 Å². The molecular formula is C17H22FN3. The summed E-state index contributed by atoms with van der Waals surface area (Å²) in [4.78, 5) is 1.99. The highest BCUT2D eigenvalue weighted by molar-refractivity contribution is 5.55. The van der Waals surface area contributed by atoms with Gasteiger partial charge in [-0.25, -0.2) is 4.39 Å². The summed E-state index contributed by atoms with van der Waals surface area (Å²) in [5.74, 6) is -0.272. The van der Waals surface area contributed by atoms with E-state index in [4.69, 9.17) is 5.73 Å². The fraction of sp³-hybridized carbons (Fsp3) is 0.176. The Hall–Kier alpha value is -2.49. The molecule has 3 N–H and O–H groups in total. The van der Waals surface area contributed by atoms with Crippen LogP contribution in [0.3, 0.4) is 0 Å². The third-order valence-corrected chi connectivity index (χ3v) is 2.75. The van der Waals surface area contributed by atoms with Crippen molar-refractivity contribution in [3.63, 3.8) is 0 Å². The summed E-state index contributed by atoms with van der Waals surface area (Å²) in [6.07, 6.45) is 3.43. The maximum Gasteiger partial charge on any atom is 0.123 e. The van der Waals surface area contributed by atoms with Gasteiger partial charge in [-0.3, -0.25) is 0 Å². The van der Waals surface area contributed by atoms with Crippen LogP contribution in [-0.4, -0.2) is 13.1 Å². The first-order valence-corrected chi connectivity index (χ1v) is 6.65. The number of benzene rings is 1. The minimum absolute atomic E-state index is 0.272. The molecule has 21 heavy (non-hydrogen) atoms. The number of nitrogens with zero attached hydrogens (tertiary/aromatic N) is 1. The van der Waals surface area contributed by atoms with Crippen LogP contribution in [0.2, 0.25) is 0 Å². The van der Waals surface area contributed by atoms with Gasteiger partial charge in [-0.15, -0.1) is 0 Å². The third kappa shape index (κ3) is 5.57. The van der Waals surface area contributed by atoms with Crippen molar-refractivity contribution in [3.8, 4) is 0 Å². The number of rotatable bonds is 8.